The molecular weight excluding hydrogens is 600 g/mol. The van der Waals surface area contributed by atoms with Gasteiger partial charge in [-0.25, -0.2) is 14.3 Å². The molecule has 248 valence electrons. The van der Waals surface area contributed by atoms with Crippen LogP contribution >= 0.6 is 0 Å². The molecule has 0 radical (unpaired) electrons. The summed E-state index contributed by atoms with van der Waals surface area (Å²) in [5.41, 5.74) is 1.83. The van der Waals surface area contributed by atoms with Crippen molar-refractivity contribution in [2.24, 2.45) is 16.8 Å². The van der Waals surface area contributed by atoms with Crippen LogP contribution in [0.25, 0.3) is 6.08 Å². The van der Waals surface area contributed by atoms with Gasteiger partial charge < -0.3 is 29.7 Å². The van der Waals surface area contributed by atoms with Crippen LogP contribution in [0.4, 0.5) is 22.1 Å². The molecule has 2 aromatic carbocycles. The van der Waals surface area contributed by atoms with Crippen LogP contribution in [0.5, 0.6) is 5.75 Å². The molecule has 4 N–H and O–H groups in total. The van der Waals surface area contributed by atoms with Gasteiger partial charge in [-0.05, 0) is 32.4 Å². The molecule has 2 fully saturated rings. The maximum Gasteiger partial charge on any atom is 0.413 e. The summed E-state index contributed by atoms with van der Waals surface area (Å²) in [6.07, 6.45) is 6.15. The van der Waals surface area contributed by atoms with E-state index in [0.717, 1.165) is 16.9 Å². The lowest BCUT2D eigenvalue weighted by Gasteiger charge is -2.34. The Labute approximate surface area is 274 Å². The van der Waals surface area contributed by atoms with Crippen molar-refractivity contribution in [2.75, 3.05) is 25.5 Å². The van der Waals surface area contributed by atoms with Crippen molar-refractivity contribution in [1.82, 2.24) is 19.8 Å². The van der Waals surface area contributed by atoms with Crippen LogP contribution < -0.4 is 19.9 Å². The van der Waals surface area contributed by atoms with Gasteiger partial charge in [-0.2, -0.15) is 9.98 Å². The lowest BCUT2D eigenvalue weighted by atomic mass is 9.91. The summed E-state index contributed by atoms with van der Waals surface area (Å²) >= 11 is 0. The van der Waals surface area contributed by atoms with E-state index in [1.54, 1.807) is 27.1 Å². The van der Waals surface area contributed by atoms with Crippen LogP contribution in [0, 0.1) is 11.8 Å². The molecule has 0 bridgehead atoms. The van der Waals surface area contributed by atoms with E-state index in [4.69, 9.17) is 14.2 Å². The number of carbonyl (C=O) groups excluding carboxylic acids is 1. The Morgan fingerprint density at radius 2 is 1.83 bits per heavy atom. The quantitative estimate of drug-likeness (QED) is 0.140. The van der Waals surface area contributed by atoms with E-state index in [2.05, 4.69) is 25.6 Å². The normalized spacial score (nSPS) is 25.9. The number of rotatable bonds is 10. The number of aromatic nitrogens is 2. The molecule has 3 aromatic rings. The van der Waals surface area contributed by atoms with Gasteiger partial charge in [-0.15, -0.1) is 0 Å². The van der Waals surface area contributed by atoms with Gasteiger partial charge >= 0.3 is 6.09 Å². The van der Waals surface area contributed by atoms with Gasteiger partial charge in [0.25, 0.3) is 5.82 Å². The fourth-order valence-corrected chi connectivity index (χ4v) is 6.70. The van der Waals surface area contributed by atoms with E-state index in [0.29, 0.717) is 31.2 Å². The Morgan fingerprint density at radius 1 is 1.09 bits per heavy atom. The molecule has 6 rings (SSSR count). The summed E-state index contributed by atoms with van der Waals surface area (Å²) in [7, 11) is 1.92. The minimum absolute atomic E-state index is 0.0776. The van der Waals surface area contributed by atoms with Crippen LogP contribution in [-0.4, -0.2) is 76.5 Å². The summed E-state index contributed by atoms with van der Waals surface area (Å²) < 4.78 is 18.2. The second-order valence-electron chi connectivity index (χ2n) is 13.6. The number of benzene rings is 2. The fourth-order valence-electron chi connectivity index (χ4n) is 6.70. The Hall–Kier alpha value is -4.20. The number of amides is 1. The van der Waals surface area contributed by atoms with Crippen molar-refractivity contribution in [2.45, 2.75) is 63.9 Å². The maximum atomic E-state index is 12.5. The highest BCUT2D eigenvalue weighted by molar-refractivity contribution is 5.96. The number of quaternary nitrogens is 1. The molecule has 1 saturated heterocycles. The van der Waals surface area contributed by atoms with Gasteiger partial charge in [0.1, 0.15) is 24.3 Å². The number of aliphatic imine (C=N–C) groups is 1. The second kappa shape index (κ2) is 13.1. The summed E-state index contributed by atoms with van der Waals surface area (Å²) in [5, 5.41) is 27.5. The first-order valence-electron chi connectivity index (χ1n) is 15.9. The molecule has 47 heavy (non-hydrogen) atoms. The molecule has 12 heteroatoms. The highest BCUT2D eigenvalue weighted by Gasteiger charge is 2.62. The first-order chi connectivity index (χ1) is 22.4. The van der Waals surface area contributed by atoms with E-state index in [1.807, 2.05) is 73.8 Å². The summed E-state index contributed by atoms with van der Waals surface area (Å²) in [6, 6.07) is 18.0. The van der Waals surface area contributed by atoms with Crippen molar-refractivity contribution < 1.29 is 29.2 Å². The third kappa shape index (κ3) is 7.37. The topological polar surface area (TPSA) is 147 Å². The first-order valence-corrected chi connectivity index (χ1v) is 15.9. The SMILES string of the molecule is CC(C)(C)OC(=O)Nc1ncnc2c1N=C[N+]2(C)[C@@H]1O[C@H](CNCC=Cc2ccccc2OCc2ccccc2)[C@@H]2CC(O)(O)CC21. The third-order valence-corrected chi connectivity index (χ3v) is 8.73. The fraction of sp³-hybridized carbons (Fsp3) is 0.429. The van der Waals surface area contributed by atoms with Crippen molar-refractivity contribution in [3.63, 3.8) is 0 Å². The molecule has 12 nitrogen and oxygen atoms in total. The molecule has 1 aliphatic carbocycles. The van der Waals surface area contributed by atoms with Crippen molar-refractivity contribution in [3.8, 4) is 5.75 Å². The number of nitrogens with one attached hydrogen (secondary N) is 2. The molecule has 2 aliphatic heterocycles. The highest BCUT2D eigenvalue weighted by atomic mass is 16.6. The molecular formula is C35H43N6O6+. The minimum atomic E-state index is -1.78. The average molecular weight is 644 g/mol. The Bertz CT molecular complexity index is 1640. The van der Waals surface area contributed by atoms with Crippen molar-refractivity contribution in [1.29, 1.82) is 0 Å². The summed E-state index contributed by atoms with van der Waals surface area (Å²) in [6.45, 7) is 6.94. The van der Waals surface area contributed by atoms with E-state index in [1.165, 1.54) is 6.33 Å². The highest BCUT2D eigenvalue weighted by Crippen LogP contribution is 2.53. The number of carbonyl (C=O) groups is 1. The number of nitrogens with zero attached hydrogens (tertiary/aromatic N) is 4. The molecule has 2 unspecified atom stereocenters. The van der Waals surface area contributed by atoms with E-state index >= 15 is 0 Å². The Balaban J connectivity index is 1.11. The van der Waals surface area contributed by atoms with Crippen molar-refractivity contribution in [3.05, 3.63) is 78.1 Å². The van der Waals surface area contributed by atoms with Crippen LogP contribution in [0.1, 0.15) is 44.7 Å². The van der Waals surface area contributed by atoms with Crippen LogP contribution in [0.15, 0.2) is 72.0 Å². The third-order valence-electron chi connectivity index (χ3n) is 8.73. The number of hydrogen-bond acceptors (Lipinski definition) is 10. The smallest absolute Gasteiger partial charge is 0.413 e. The Morgan fingerprint density at radius 3 is 2.62 bits per heavy atom. The Kier molecular flexibility index (Phi) is 9.14. The maximum absolute atomic E-state index is 12.5. The zero-order valence-electron chi connectivity index (χ0n) is 27.2. The molecule has 1 saturated carbocycles. The lowest BCUT2D eigenvalue weighted by molar-refractivity contribution is -0.170. The zero-order chi connectivity index (χ0) is 33.2. The number of ether oxygens (including phenoxy) is 3. The number of aliphatic hydroxyl groups is 2. The lowest BCUT2D eigenvalue weighted by Crippen LogP contribution is -2.55. The summed E-state index contributed by atoms with van der Waals surface area (Å²) in [4.78, 5) is 25.8. The monoisotopic (exact) mass is 643 g/mol. The molecule has 3 aliphatic rings. The second-order valence-corrected chi connectivity index (χ2v) is 13.6. The molecule has 0 spiro atoms. The van der Waals surface area contributed by atoms with E-state index in [-0.39, 0.29) is 41.1 Å². The molecule has 3 heterocycles. The van der Waals surface area contributed by atoms with E-state index < -0.39 is 23.7 Å². The predicted molar refractivity (Wildman–Crippen MR) is 179 cm³/mol. The molecule has 5 atom stereocenters. The molecule has 1 aromatic heterocycles. The van der Waals surface area contributed by atoms with Gasteiger partial charge in [0.05, 0.1) is 13.2 Å². The van der Waals surface area contributed by atoms with Gasteiger partial charge in [0.2, 0.25) is 6.23 Å². The number of anilines is 1. The van der Waals surface area contributed by atoms with Crippen LogP contribution in [0.2, 0.25) is 0 Å². The average Bonchev–Trinajstić information content (AvgIpc) is 3.65. The number of hydrogen-bond donors (Lipinski definition) is 4. The largest absolute Gasteiger partial charge is 0.488 e. The number of para-hydroxylation sites is 1. The van der Waals surface area contributed by atoms with Crippen molar-refractivity contribution >= 4 is 35.8 Å². The minimum Gasteiger partial charge on any atom is -0.488 e. The van der Waals surface area contributed by atoms with Gasteiger partial charge in [-0.3, -0.25) is 5.32 Å². The zero-order valence-corrected chi connectivity index (χ0v) is 27.2. The van der Waals surface area contributed by atoms with Gasteiger partial charge in [0, 0.05) is 43.3 Å². The standard InChI is InChI=1S/C35H42N6O6/c1-34(2,3)47-33(42)40-30-29-31(38-21-37-30)41(4,22-39-29)32-26-18-35(43,44)17-25(26)28(46-32)19-36-16-10-14-24-13-8-9-15-27(24)45-20-23-11-6-5-7-12-23/h5-15,21-22,25-26,28,32,36,43-44H,16-20H2,1-4H3/p+1/t25-,26?,28-,32-,41?/m1/s1. The number of fused-ring (bicyclic) bond motifs is 2. The van der Waals surface area contributed by atoms with Gasteiger partial charge in [0.15, 0.2) is 23.6 Å². The van der Waals surface area contributed by atoms with E-state index in [9.17, 15) is 15.0 Å². The summed E-state index contributed by atoms with van der Waals surface area (Å²) in [5.74, 6) is -0.449. The van der Waals surface area contributed by atoms with Crippen LogP contribution in [-0.2, 0) is 16.1 Å². The molecule has 1 amide bonds. The van der Waals surface area contributed by atoms with Gasteiger partial charge in [-0.1, -0.05) is 60.7 Å². The van der Waals surface area contributed by atoms with Crippen LogP contribution in [0.3, 0.4) is 0 Å². The first kappa shape index (κ1) is 32.7. The predicted octanol–water partition coefficient (Wildman–Crippen LogP) is 4.75.